The number of benzene rings is 8. The summed E-state index contributed by atoms with van der Waals surface area (Å²) in [5.74, 6) is 0.687. The largest absolute Gasteiger partial charge is 0.263 e. The lowest BCUT2D eigenvalue weighted by atomic mass is 9.93. The Bertz CT molecular complexity index is 2950. The van der Waals surface area contributed by atoms with Crippen molar-refractivity contribution in [1.29, 1.82) is 0 Å². The Balaban J connectivity index is 1.06. The Hall–Kier alpha value is -7.23. The molecule has 0 bridgehead atoms. The molecule has 10 aromatic rings. The van der Waals surface area contributed by atoms with Gasteiger partial charge in [0.2, 0.25) is 0 Å². The third kappa shape index (κ3) is 5.78. The topological polar surface area (TPSA) is 38.7 Å². The van der Waals surface area contributed by atoms with E-state index in [9.17, 15) is 0 Å². The molecular weight excluding hydrogens is 655 g/mol. The molecule has 0 N–H and O–H groups in total. The summed E-state index contributed by atoms with van der Waals surface area (Å²) in [7, 11) is 0. The van der Waals surface area contributed by atoms with Gasteiger partial charge in [-0.25, -0.2) is 9.97 Å². The summed E-state index contributed by atoms with van der Waals surface area (Å²) >= 11 is 0. The van der Waals surface area contributed by atoms with Crippen LogP contribution in [0.3, 0.4) is 0 Å². The zero-order valence-corrected chi connectivity index (χ0v) is 29.4. The van der Waals surface area contributed by atoms with E-state index in [1.54, 1.807) is 0 Å². The van der Waals surface area contributed by atoms with Crippen molar-refractivity contribution in [3.05, 3.63) is 200 Å². The third-order valence-corrected chi connectivity index (χ3v) is 10.4. The first-order valence-corrected chi connectivity index (χ1v) is 18.2. The number of rotatable bonds is 6. The first-order chi connectivity index (χ1) is 26.7. The van der Waals surface area contributed by atoms with E-state index in [1.165, 1.54) is 43.6 Å². The first kappa shape index (κ1) is 31.5. The Morgan fingerprint density at radius 3 is 1.44 bits per heavy atom. The van der Waals surface area contributed by atoms with Crippen LogP contribution in [-0.4, -0.2) is 15.0 Å². The zero-order valence-electron chi connectivity index (χ0n) is 29.4. The molecule has 0 fully saturated rings. The average molecular weight is 688 g/mol. The van der Waals surface area contributed by atoms with Crippen LogP contribution in [0.1, 0.15) is 0 Å². The van der Waals surface area contributed by atoms with E-state index in [0.717, 1.165) is 50.2 Å². The highest BCUT2D eigenvalue weighted by Crippen LogP contribution is 2.37. The Morgan fingerprint density at radius 2 is 0.759 bits per heavy atom. The molecule has 10 rings (SSSR count). The highest BCUT2D eigenvalue weighted by Gasteiger charge is 2.14. The van der Waals surface area contributed by atoms with Crippen molar-refractivity contribution in [3.8, 4) is 67.3 Å². The number of pyridine rings is 1. The molecule has 8 aromatic carbocycles. The second kappa shape index (κ2) is 13.4. The predicted molar refractivity (Wildman–Crippen MR) is 225 cm³/mol. The first-order valence-electron chi connectivity index (χ1n) is 18.2. The van der Waals surface area contributed by atoms with Crippen LogP contribution >= 0.6 is 0 Å². The molecule has 0 saturated carbocycles. The minimum atomic E-state index is 0.687. The van der Waals surface area contributed by atoms with E-state index in [1.807, 2.05) is 18.5 Å². The maximum absolute atomic E-state index is 5.19. The van der Waals surface area contributed by atoms with E-state index in [4.69, 9.17) is 9.97 Å². The van der Waals surface area contributed by atoms with Gasteiger partial charge in [-0.05, 0) is 66.9 Å². The van der Waals surface area contributed by atoms with Crippen molar-refractivity contribution in [2.75, 3.05) is 0 Å². The SMILES string of the molecule is c1ccc(-c2ccc(-c3cc(-c4ccc(-c5cncc6ccccc56)cc4)nc(-c4ccc(-c5cc6ccccc6c6ccccc56)cc4)n3)cc2)cc1. The molecule has 0 radical (unpaired) electrons. The normalized spacial score (nSPS) is 11.3. The van der Waals surface area contributed by atoms with E-state index >= 15 is 0 Å². The molecule has 3 nitrogen and oxygen atoms in total. The Morgan fingerprint density at radius 1 is 0.278 bits per heavy atom. The minimum Gasteiger partial charge on any atom is -0.263 e. The van der Waals surface area contributed by atoms with Crippen molar-refractivity contribution in [1.82, 2.24) is 15.0 Å². The number of hydrogen-bond acceptors (Lipinski definition) is 3. The van der Waals surface area contributed by atoms with Crippen LogP contribution in [0.2, 0.25) is 0 Å². The smallest absolute Gasteiger partial charge is 0.160 e. The predicted octanol–water partition coefficient (Wildman–Crippen LogP) is 13.3. The molecule has 0 unspecified atom stereocenters. The quantitative estimate of drug-likeness (QED) is 0.163. The van der Waals surface area contributed by atoms with E-state index in [2.05, 4.69) is 187 Å². The van der Waals surface area contributed by atoms with Crippen LogP contribution in [0.15, 0.2) is 200 Å². The standard InChI is InChI=1S/C51H33N3/c1-2-10-34(11-3-1)35-18-24-38(25-19-35)49-31-50(39-26-20-37(21-27-39)48-33-52-32-42-13-5-7-15-44(42)48)54-51(53-49)40-28-22-36(23-29-40)47-30-41-12-4-6-14-43(41)45-16-8-9-17-46(45)47/h1-33H. The summed E-state index contributed by atoms with van der Waals surface area (Å²) in [6.45, 7) is 0. The number of hydrogen-bond donors (Lipinski definition) is 0. The van der Waals surface area contributed by atoms with E-state index < -0.39 is 0 Å². The Kier molecular flexibility index (Phi) is 7.81. The third-order valence-electron chi connectivity index (χ3n) is 10.4. The number of fused-ring (bicyclic) bond motifs is 4. The summed E-state index contributed by atoms with van der Waals surface area (Å²) in [6, 6.07) is 66.5. The molecule has 2 heterocycles. The van der Waals surface area contributed by atoms with E-state index in [0.29, 0.717) is 5.82 Å². The lowest BCUT2D eigenvalue weighted by molar-refractivity contribution is 1.18. The highest BCUT2D eigenvalue weighted by atomic mass is 14.9. The van der Waals surface area contributed by atoms with Gasteiger partial charge in [0.15, 0.2) is 5.82 Å². The van der Waals surface area contributed by atoms with Gasteiger partial charge in [-0.2, -0.15) is 0 Å². The lowest BCUT2D eigenvalue weighted by Gasteiger charge is -2.13. The maximum Gasteiger partial charge on any atom is 0.160 e. The van der Waals surface area contributed by atoms with Crippen LogP contribution in [0.5, 0.6) is 0 Å². The van der Waals surface area contributed by atoms with Crippen LogP contribution in [0.25, 0.3) is 99.6 Å². The average Bonchev–Trinajstić information content (AvgIpc) is 3.26. The molecule has 0 aliphatic carbocycles. The van der Waals surface area contributed by atoms with Crippen molar-refractivity contribution < 1.29 is 0 Å². The lowest BCUT2D eigenvalue weighted by Crippen LogP contribution is -1.96. The molecule has 0 atom stereocenters. The zero-order chi connectivity index (χ0) is 35.8. The summed E-state index contributed by atoms with van der Waals surface area (Å²) < 4.78 is 0. The van der Waals surface area contributed by atoms with Gasteiger partial charge in [0.1, 0.15) is 0 Å². The molecule has 0 spiro atoms. The molecule has 0 amide bonds. The fourth-order valence-electron chi connectivity index (χ4n) is 7.60. The van der Waals surface area contributed by atoms with Crippen molar-refractivity contribution in [2.24, 2.45) is 0 Å². The van der Waals surface area contributed by atoms with Gasteiger partial charge in [-0.15, -0.1) is 0 Å². The molecular formula is C51H33N3. The van der Waals surface area contributed by atoms with Gasteiger partial charge in [0.25, 0.3) is 0 Å². The van der Waals surface area contributed by atoms with Gasteiger partial charge in [-0.1, -0.05) is 176 Å². The summed E-state index contributed by atoms with van der Waals surface area (Å²) in [5.41, 5.74) is 11.7. The molecule has 0 aliphatic heterocycles. The molecule has 0 saturated heterocycles. The number of nitrogens with zero attached hydrogens (tertiary/aromatic N) is 3. The molecule has 54 heavy (non-hydrogen) atoms. The minimum absolute atomic E-state index is 0.687. The monoisotopic (exact) mass is 687 g/mol. The maximum atomic E-state index is 5.19. The van der Waals surface area contributed by atoms with Crippen LogP contribution < -0.4 is 0 Å². The summed E-state index contributed by atoms with van der Waals surface area (Å²) in [6.07, 6.45) is 3.86. The van der Waals surface area contributed by atoms with Gasteiger partial charge in [0.05, 0.1) is 11.4 Å². The fourth-order valence-corrected chi connectivity index (χ4v) is 7.60. The summed E-state index contributed by atoms with van der Waals surface area (Å²) in [4.78, 5) is 14.9. The molecule has 2 aromatic heterocycles. The molecule has 0 aliphatic rings. The fraction of sp³-hybridized carbons (Fsp3) is 0. The second-order valence-electron chi connectivity index (χ2n) is 13.7. The van der Waals surface area contributed by atoms with Gasteiger partial charge >= 0.3 is 0 Å². The highest BCUT2D eigenvalue weighted by molar-refractivity contribution is 6.13. The van der Waals surface area contributed by atoms with E-state index in [-0.39, 0.29) is 0 Å². The van der Waals surface area contributed by atoms with Gasteiger partial charge in [0, 0.05) is 40.0 Å². The second-order valence-corrected chi connectivity index (χ2v) is 13.7. The van der Waals surface area contributed by atoms with Crippen molar-refractivity contribution in [2.45, 2.75) is 0 Å². The molecule has 3 heteroatoms. The van der Waals surface area contributed by atoms with Crippen molar-refractivity contribution in [3.63, 3.8) is 0 Å². The van der Waals surface area contributed by atoms with Gasteiger partial charge in [-0.3, -0.25) is 4.98 Å². The molecule has 252 valence electrons. The van der Waals surface area contributed by atoms with Gasteiger partial charge < -0.3 is 0 Å². The van der Waals surface area contributed by atoms with Crippen molar-refractivity contribution >= 4 is 32.3 Å². The number of aromatic nitrogens is 3. The summed E-state index contributed by atoms with van der Waals surface area (Å²) in [5, 5.41) is 7.32. The van der Waals surface area contributed by atoms with Crippen LogP contribution in [0, 0.1) is 0 Å². The van der Waals surface area contributed by atoms with Crippen LogP contribution in [-0.2, 0) is 0 Å². The Labute approximate surface area is 313 Å². The van der Waals surface area contributed by atoms with Crippen LogP contribution in [0.4, 0.5) is 0 Å².